The van der Waals surface area contributed by atoms with Gasteiger partial charge >= 0.3 is 0 Å². The molecule has 1 aromatic carbocycles. The lowest BCUT2D eigenvalue weighted by Gasteiger charge is -2.37. The smallest absolute Gasteiger partial charge is 0.126 e. The number of benzene rings is 1. The molecule has 2 aromatic rings. The molecular formula is C19H20ClNO. The molecule has 3 heteroatoms. The molecule has 2 nitrogen and oxygen atoms in total. The standard InChI is InChI=1S/C19H20ClNO/c1-13-5-4-9-19(12-13)16-7-3-2-6-15(16)18(22-19)17-11-14(20)8-10-21-17/h2-3,6-8,10-11,13,18H,4-5,9,12H2,1H3. The van der Waals surface area contributed by atoms with Gasteiger partial charge in [-0.2, -0.15) is 0 Å². The largest absolute Gasteiger partial charge is 0.356 e. The summed E-state index contributed by atoms with van der Waals surface area (Å²) in [6.07, 6.45) is 6.39. The minimum absolute atomic E-state index is 0.0970. The third kappa shape index (κ3) is 2.26. The van der Waals surface area contributed by atoms with Crippen LogP contribution in [0.2, 0.25) is 5.02 Å². The first-order valence-electron chi connectivity index (χ1n) is 8.07. The quantitative estimate of drug-likeness (QED) is 0.716. The number of pyridine rings is 1. The van der Waals surface area contributed by atoms with Crippen LogP contribution in [0.5, 0.6) is 0 Å². The Morgan fingerprint density at radius 1 is 1.27 bits per heavy atom. The van der Waals surface area contributed by atoms with Gasteiger partial charge in [0.15, 0.2) is 0 Å². The fraction of sp³-hybridized carbons (Fsp3) is 0.421. The Labute approximate surface area is 136 Å². The first-order chi connectivity index (χ1) is 10.7. The first-order valence-corrected chi connectivity index (χ1v) is 8.44. The summed E-state index contributed by atoms with van der Waals surface area (Å²) in [4.78, 5) is 4.51. The van der Waals surface area contributed by atoms with E-state index in [9.17, 15) is 0 Å². The SMILES string of the molecule is CC1CCCC2(C1)OC(c1cc(Cl)ccn1)c1ccccc12. The van der Waals surface area contributed by atoms with E-state index in [0.717, 1.165) is 18.5 Å². The highest BCUT2D eigenvalue weighted by atomic mass is 35.5. The van der Waals surface area contributed by atoms with Crippen molar-refractivity contribution in [1.29, 1.82) is 0 Å². The lowest BCUT2D eigenvalue weighted by Crippen LogP contribution is -2.32. The predicted octanol–water partition coefficient (Wildman–Crippen LogP) is 5.26. The zero-order valence-electron chi connectivity index (χ0n) is 12.8. The van der Waals surface area contributed by atoms with E-state index < -0.39 is 0 Å². The summed E-state index contributed by atoms with van der Waals surface area (Å²) in [7, 11) is 0. The van der Waals surface area contributed by atoms with E-state index in [4.69, 9.17) is 16.3 Å². The maximum atomic E-state index is 6.65. The van der Waals surface area contributed by atoms with Gasteiger partial charge in [-0.1, -0.05) is 49.2 Å². The number of rotatable bonds is 1. The molecule has 1 spiro atoms. The Balaban J connectivity index is 1.80. The fourth-order valence-corrected chi connectivity index (χ4v) is 4.30. The first kappa shape index (κ1) is 14.2. The summed E-state index contributed by atoms with van der Waals surface area (Å²) < 4.78 is 6.65. The second kappa shape index (κ2) is 5.36. The van der Waals surface area contributed by atoms with Crippen molar-refractivity contribution in [2.75, 3.05) is 0 Å². The Hall–Kier alpha value is -1.38. The van der Waals surface area contributed by atoms with E-state index in [1.54, 1.807) is 6.20 Å². The van der Waals surface area contributed by atoms with Gasteiger partial charge in [0.1, 0.15) is 6.10 Å². The Morgan fingerprint density at radius 3 is 2.95 bits per heavy atom. The van der Waals surface area contributed by atoms with Gasteiger partial charge in [0.05, 0.1) is 11.3 Å². The average molecular weight is 314 g/mol. The van der Waals surface area contributed by atoms with Crippen molar-refractivity contribution in [2.45, 2.75) is 44.3 Å². The van der Waals surface area contributed by atoms with Crippen molar-refractivity contribution in [3.8, 4) is 0 Å². The molecule has 0 amide bonds. The van der Waals surface area contributed by atoms with Gasteiger partial charge in [-0.05, 0) is 48.4 Å². The molecule has 2 heterocycles. The predicted molar refractivity (Wildman–Crippen MR) is 87.9 cm³/mol. The van der Waals surface area contributed by atoms with Gasteiger partial charge in [-0.25, -0.2) is 0 Å². The molecular weight excluding hydrogens is 294 g/mol. The van der Waals surface area contributed by atoms with Crippen molar-refractivity contribution in [2.24, 2.45) is 5.92 Å². The van der Waals surface area contributed by atoms with Gasteiger partial charge < -0.3 is 4.74 Å². The van der Waals surface area contributed by atoms with Crippen LogP contribution < -0.4 is 0 Å². The average Bonchev–Trinajstić information content (AvgIpc) is 2.82. The molecule has 1 saturated carbocycles. The highest BCUT2D eigenvalue weighted by molar-refractivity contribution is 6.30. The van der Waals surface area contributed by atoms with Gasteiger partial charge in [-0.15, -0.1) is 0 Å². The van der Waals surface area contributed by atoms with Gasteiger partial charge in [-0.3, -0.25) is 4.98 Å². The molecule has 0 bridgehead atoms. The van der Waals surface area contributed by atoms with Crippen LogP contribution in [0.4, 0.5) is 0 Å². The lowest BCUT2D eigenvalue weighted by molar-refractivity contribution is -0.0956. The van der Waals surface area contributed by atoms with Crippen LogP contribution in [0.3, 0.4) is 0 Å². The molecule has 0 saturated heterocycles. The number of hydrogen-bond acceptors (Lipinski definition) is 2. The van der Waals surface area contributed by atoms with E-state index >= 15 is 0 Å². The van der Waals surface area contributed by atoms with Crippen LogP contribution in [-0.2, 0) is 10.3 Å². The summed E-state index contributed by atoms with van der Waals surface area (Å²) >= 11 is 6.16. The summed E-state index contributed by atoms with van der Waals surface area (Å²) in [5.41, 5.74) is 3.39. The van der Waals surface area contributed by atoms with Crippen molar-refractivity contribution in [1.82, 2.24) is 4.98 Å². The lowest BCUT2D eigenvalue weighted by atomic mass is 9.75. The van der Waals surface area contributed by atoms with Crippen molar-refractivity contribution >= 4 is 11.6 Å². The van der Waals surface area contributed by atoms with Crippen LogP contribution >= 0.6 is 11.6 Å². The number of ether oxygens (including phenoxy) is 1. The van der Waals surface area contributed by atoms with Crippen LogP contribution in [0.1, 0.15) is 55.5 Å². The van der Waals surface area contributed by atoms with Crippen LogP contribution in [0.25, 0.3) is 0 Å². The second-order valence-corrected chi connectivity index (χ2v) is 7.12. The van der Waals surface area contributed by atoms with E-state index in [1.165, 1.54) is 24.0 Å². The summed E-state index contributed by atoms with van der Waals surface area (Å²) in [5, 5.41) is 0.712. The third-order valence-corrected chi connectivity index (χ3v) is 5.28. The topological polar surface area (TPSA) is 22.1 Å². The molecule has 3 atom stereocenters. The Morgan fingerprint density at radius 2 is 2.14 bits per heavy atom. The molecule has 114 valence electrons. The minimum atomic E-state index is -0.136. The van der Waals surface area contributed by atoms with Crippen molar-refractivity contribution < 1.29 is 4.74 Å². The number of aromatic nitrogens is 1. The van der Waals surface area contributed by atoms with Gasteiger partial charge in [0, 0.05) is 11.2 Å². The summed E-state index contributed by atoms with van der Waals surface area (Å²) in [5.74, 6) is 0.702. The Bertz CT molecular complexity index is 701. The second-order valence-electron chi connectivity index (χ2n) is 6.68. The zero-order valence-corrected chi connectivity index (χ0v) is 13.5. The highest BCUT2D eigenvalue weighted by Gasteiger charge is 2.47. The number of hydrogen-bond donors (Lipinski definition) is 0. The molecule has 1 aliphatic heterocycles. The zero-order chi connectivity index (χ0) is 15.2. The number of nitrogens with zero attached hydrogens (tertiary/aromatic N) is 1. The molecule has 1 aliphatic carbocycles. The van der Waals surface area contributed by atoms with Gasteiger partial charge in [0.2, 0.25) is 0 Å². The molecule has 1 fully saturated rings. The molecule has 1 aromatic heterocycles. The van der Waals surface area contributed by atoms with E-state index in [1.807, 2.05) is 12.1 Å². The minimum Gasteiger partial charge on any atom is -0.356 e. The van der Waals surface area contributed by atoms with Gasteiger partial charge in [0.25, 0.3) is 0 Å². The number of halogens is 1. The van der Waals surface area contributed by atoms with Crippen LogP contribution in [0, 0.1) is 5.92 Å². The number of fused-ring (bicyclic) bond motifs is 2. The van der Waals surface area contributed by atoms with E-state index in [-0.39, 0.29) is 11.7 Å². The summed E-state index contributed by atoms with van der Waals surface area (Å²) in [6, 6.07) is 12.4. The molecule has 0 N–H and O–H groups in total. The third-order valence-electron chi connectivity index (χ3n) is 5.05. The fourth-order valence-electron chi connectivity index (χ4n) is 4.13. The Kier molecular flexibility index (Phi) is 3.47. The van der Waals surface area contributed by atoms with E-state index in [0.29, 0.717) is 10.9 Å². The van der Waals surface area contributed by atoms with E-state index in [2.05, 4.69) is 36.2 Å². The molecule has 4 rings (SSSR count). The van der Waals surface area contributed by atoms with Crippen LogP contribution in [0.15, 0.2) is 42.6 Å². The molecule has 2 aliphatic rings. The molecule has 0 radical (unpaired) electrons. The van der Waals surface area contributed by atoms with Crippen LogP contribution in [-0.4, -0.2) is 4.98 Å². The highest BCUT2D eigenvalue weighted by Crippen LogP contribution is 2.53. The maximum absolute atomic E-state index is 6.65. The van der Waals surface area contributed by atoms with Crippen molar-refractivity contribution in [3.05, 3.63) is 64.4 Å². The van der Waals surface area contributed by atoms with Crippen molar-refractivity contribution in [3.63, 3.8) is 0 Å². The molecule has 3 unspecified atom stereocenters. The monoisotopic (exact) mass is 313 g/mol. The molecule has 22 heavy (non-hydrogen) atoms. The summed E-state index contributed by atoms with van der Waals surface area (Å²) in [6.45, 7) is 2.33. The normalized spacial score (nSPS) is 30.5. The maximum Gasteiger partial charge on any atom is 0.126 e.